The van der Waals surface area contributed by atoms with E-state index in [1.165, 1.54) is 6.92 Å². The van der Waals surface area contributed by atoms with E-state index < -0.39 is 12.2 Å². The third-order valence-corrected chi connectivity index (χ3v) is 1.86. The molecule has 0 aliphatic rings. The molecule has 0 aliphatic heterocycles. The van der Waals surface area contributed by atoms with Gasteiger partial charge in [0, 0.05) is 11.8 Å². The molecule has 2 unspecified atom stereocenters. The Morgan fingerprint density at radius 1 is 1.46 bits per heavy atom. The Hall–Kier alpha value is -1.13. The molecule has 2 atom stereocenters. The van der Waals surface area contributed by atoms with Gasteiger partial charge in [-0.2, -0.15) is 0 Å². The average Bonchev–Trinajstić information content (AvgIpc) is 2.08. The molecular formula is C9H14N2O2. The predicted molar refractivity (Wildman–Crippen MR) is 50.0 cm³/mol. The molecule has 13 heavy (non-hydrogen) atoms. The van der Waals surface area contributed by atoms with Gasteiger partial charge in [-0.25, -0.2) is 4.98 Å². The summed E-state index contributed by atoms with van der Waals surface area (Å²) < 4.78 is 0. The number of hydrogen-bond acceptors (Lipinski definition) is 4. The van der Waals surface area contributed by atoms with Gasteiger partial charge < -0.3 is 15.9 Å². The van der Waals surface area contributed by atoms with Crippen molar-refractivity contribution >= 4 is 5.82 Å². The SMILES string of the molecule is Cc1cnc(N)c(C(O)C(C)O)c1. The van der Waals surface area contributed by atoms with Crippen LogP contribution in [-0.4, -0.2) is 21.3 Å². The molecule has 4 nitrogen and oxygen atoms in total. The Balaban J connectivity index is 3.05. The molecule has 4 heteroatoms. The number of anilines is 1. The van der Waals surface area contributed by atoms with Crippen molar-refractivity contribution in [3.05, 3.63) is 23.4 Å². The van der Waals surface area contributed by atoms with Crippen molar-refractivity contribution in [1.82, 2.24) is 4.98 Å². The highest BCUT2D eigenvalue weighted by Gasteiger charge is 2.16. The lowest BCUT2D eigenvalue weighted by Gasteiger charge is -2.15. The summed E-state index contributed by atoms with van der Waals surface area (Å²) in [6, 6.07) is 1.72. The van der Waals surface area contributed by atoms with Gasteiger partial charge >= 0.3 is 0 Å². The Kier molecular flexibility index (Phi) is 2.85. The Bertz CT molecular complexity index is 300. The zero-order valence-electron chi connectivity index (χ0n) is 7.73. The molecule has 0 aliphatic carbocycles. The summed E-state index contributed by atoms with van der Waals surface area (Å²) in [6.45, 7) is 3.36. The zero-order valence-corrected chi connectivity index (χ0v) is 7.73. The first-order chi connectivity index (χ1) is 6.02. The molecule has 0 saturated heterocycles. The molecular weight excluding hydrogens is 168 g/mol. The van der Waals surface area contributed by atoms with E-state index in [4.69, 9.17) is 10.8 Å². The summed E-state index contributed by atoms with van der Waals surface area (Å²) in [4.78, 5) is 3.89. The van der Waals surface area contributed by atoms with E-state index in [9.17, 15) is 5.11 Å². The smallest absolute Gasteiger partial charge is 0.129 e. The fourth-order valence-corrected chi connectivity index (χ4v) is 1.10. The van der Waals surface area contributed by atoms with Gasteiger partial charge in [-0.05, 0) is 25.5 Å². The first-order valence-corrected chi connectivity index (χ1v) is 4.10. The summed E-state index contributed by atoms with van der Waals surface area (Å²) in [5.74, 6) is 0.263. The van der Waals surface area contributed by atoms with Gasteiger partial charge in [-0.1, -0.05) is 0 Å². The largest absolute Gasteiger partial charge is 0.390 e. The van der Waals surface area contributed by atoms with Crippen LogP contribution in [0.1, 0.15) is 24.2 Å². The number of pyridine rings is 1. The van der Waals surface area contributed by atoms with Crippen LogP contribution in [0, 0.1) is 6.92 Å². The minimum Gasteiger partial charge on any atom is -0.390 e. The van der Waals surface area contributed by atoms with Crippen LogP contribution >= 0.6 is 0 Å². The van der Waals surface area contributed by atoms with E-state index in [1.807, 2.05) is 6.92 Å². The first kappa shape index (κ1) is 9.95. The monoisotopic (exact) mass is 182 g/mol. The molecule has 1 heterocycles. The number of rotatable bonds is 2. The third-order valence-electron chi connectivity index (χ3n) is 1.86. The molecule has 0 saturated carbocycles. The van der Waals surface area contributed by atoms with E-state index in [2.05, 4.69) is 4.98 Å². The van der Waals surface area contributed by atoms with E-state index in [-0.39, 0.29) is 5.82 Å². The number of nitrogens with two attached hydrogens (primary N) is 1. The van der Waals surface area contributed by atoms with E-state index in [0.29, 0.717) is 5.56 Å². The second-order valence-electron chi connectivity index (χ2n) is 3.17. The molecule has 0 fully saturated rings. The molecule has 1 rings (SSSR count). The lowest BCUT2D eigenvalue weighted by atomic mass is 10.1. The van der Waals surface area contributed by atoms with Crippen molar-refractivity contribution in [3.63, 3.8) is 0 Å². The summed E-state index contributed by atoms with van der Waals surface area (Å²) in [7, 11) is 0. The highest BCUT2D eigenvalue weighted by molar-refractivity contribution is 5.42. The second kappa shape index (κ2) is 3.72. The standard InChI is InChI=1S/C9H14N2O2/c1-5-3-7(8(13)6(2)12)9(10)11-4-5/h3-4,6,8,12-13H,1-2H3,(H2,10,11). The van der Waals surface area contributed by atoms with Crippen molar-refractivity contribution in [2.24, 2.45) is 0 Å². The van der Waals surface area contributed by atoms with Crippen molar-refractivity contribution in [2.75, 3.05) is 5.73 Å². The number of aromatic nitrogens is 1. The van der Waals surface area contributed by atoms with Crippen LogP contribution in [0.5, 0.6) is 0 Å². The Morgan fingerprint density at radius 2 is 2.08 bits per heavy atom. The van der Waals surface area contributed by atoms with Crippen molar-refractivity contribution in [2.45, 2.75) is 26.1 Å². The van der Waals surface area contributed by atoms with Crippen LogP contribution < -0.4 is 5.73 Å². The summed E-state index contributed by atoms with van der Waals surface area (Å²) >= 11 is 0. The Morgan fingerprint density at radius 3 is 2.62 bits per heavy atom. The van der Waals surface area contributed by atoms with Crippen LogP contribution in [0.2, 0.25) is 0 Å². The van der Waals surface area contributed by atoms with Crippen LogP contribution in [-0.2, 0) is 0 Å². The van der Waals surface area contributed by atoms with E-state index >= 15 is 0 Å². The maximum absolute atomic E-state index is 9.53. The van der Waals surface area contributed by atoms with Gasteiger partial charge in [0.2, 0.25) is 0 Å². The molecule has 0 bridgehead atoms. The van der Waals surface area contributed by atoms with Crippen molar-refractivity contribution in [3.8, 4) is 0 Å². The summed E-state index contributed by atoms with van der Waals surface area (Å²) in [5.41, 5.74) is 6.93. The summed E-state index contributed by atoms with van der Waals surface area (Å²) in [6.07, 6.45) is -0.188. The zero-order chi connectivity index (χ0) is 10.0. The van der Waals surface area contributed by atoms with Crippen LogP contribution in [0.3, 0.4) is 0 Å². The minimum absolute atomic E-state index is 0.263. The van der Waals surface area contributed by atoms with Gasteiger partial charge in [-0.3, -0.25) is 0 Å². The fourth-order valence-electron chi connectivity index (χ4n) is 1.10. The molecule has 0 spiro atoms. The topological polar surface area (TPSA) is 79.4 Å². The van der Waals surface area contributed by atoms with Crippen LogP contribution in [0.25, 0.3) is 0 Å². The third kappa shape index (κ3) is 2.17. The number of aryl methyl sites for hydroxylation is 1. The van der Waals surface area contributed by atoms with Gasteiger partial charge in [0.1, 0.15) is 11.9 Å². The van der Waals surface area contributed by atoms with Gasteiger partial charge in [-0.15, -0.1) is 0 Å². The fraction of sp³-hybridized carbons (Fsp3) is 0.444. The summed E-state index contributed by atoms with van der Waals surface area (Å²) in [5, 5.41) is 18.7. The average molecular weight is 182 g/mol. The van der Waals surface area contributed by atoms with Crippen LogP contribution in [0.15, 0.2) is 12.3 Å². The normalized spacial score (nSPS) is 15.4. The number of nitrogens with zero attached hydrogens (tertiary/aromatic N) is 1. The number of aliphatic hydroxyl groups excluding tert-OH is 2. The van der Waals surface area contributed by atoms with E-state index in [0.717, 1.165) is 5.56 Å². The minimum atomic E-state index is -0.965. The van der Waals surface area contributed by atoms with Crippen molar-refractivity contribution < 1.29 is 10.2 Å². The maximum atomic E-state index is 9.53. The molecule has 72 valence electrons. The molecule has 1 aromatic rings. The van der Waals surface area contributed by atoms with Gasteiger partial charge in [0.25, 0.3) is 0 Å². The number of nitrogen functional groups attached to an aromatic ring is 1. The number of hydrogen-bond donors (Lipinski definition) is 3. The van der Waals surface area contributed by atoms with Crippen LogP contribution in [0.4, 0.5) is 5.82 Å². The van der Waals surface area contributed by atoms with Crippen molar-refractivity contribution in [1.29, 1.82) is 0 Å². The lowest BCUT2D eigenvalue weighted by Crippen LogP contribution is -2.16. The maximum Gasteiger partial charge on any atom is 0.129 e. The molecule has 0 radical (unpaired) electrons. The second-order valence-corrected chi connectivity index (χ2v) is 3.17. The predicted octanol–water partition coefficient (Wildman–Crippen LogP) is 0.386. The quantitative estimate of drug-likeness (QED) is 0.618. The van der Waals surface area contributed by atoms with E-state index in [1.54, 1.807) is 12.3 Å². The molecule has 0 amide bonds. The van der Waals surface area contributed by atoms with Gasteiger partial charge in [0.15, 0.2) is 0 Å². The highest BCUT2D eigenvalue weighted by atomic mass is 16.3. The highest BCUT2D eigenvalue weighted by Crippen LogP contribution is 2.21. The molecule has 1 aromatic heterocycles. The molecule has 0 aromatic carbocycles. The Labute approximate surface area is 77.0 Å². The number of aliphatic hydroxyl groups is 2. The van der Waals surface area contributed by atoms with Gasteiger partial charge in [0.05, 0.1) is 6.10 Å². The molecule has 4 N–H and O–H groups in total. The first-order valence-electron chi connectivity index (χ1n) is 4.10. The lowest BCUT2D eigenvalue weighted by molar-refractivity contribution is 0.0308.